The molecule has 3 heteroatoms. The van der Waals surface area contributed by atoms with Crippen LogP contribution in [0.3, 0.4) is 0 Å². The molecule has 42 valence electrons. The Kier molecular flexibility index (Phi) is 1.12. The molecule has 1 aromatic heterocycles. The molecule has 0 saturated carbocycles. The number of nitrogen functional groups attached to an aromatic ring is 1. The molecule has 0 saturated heterocycles. The Hall–Kier alpha value is -1.12. The fourth-order valence-corrected chi connectivity index (χ4v) is 0.486. The van der Waals surface area contributed by atoms with Crippen molar-refractivity contribution in [2.75, 3.05) is 5.73 Å². The highest BCUT2D eigenvalue weighted by molar-refractivity contribution is 5.28. The Morgan fingerprint density at radius 2 is 2.38 bits per heavy atom. The predicted octanol–water partition coefficient (Wildman–Crippen LogP) is 0.367. The molecule has 0 radical (unpaired) electrons. The largest absolute Gasteiger partial charge is 0.382 e. The molecule has 0 bridgehead atoms. The Morgan fingerprint density at radius 3 is 2.75 bits per heavy atom. The summed E-state index contributed by atoms with van der Waals surface area (Å²) in [6.07, 6.45) is 1.66. The van der Waals surface area contributed by atoms with Gasteiger partial charge in [0, 0.05) is 0 Å². The van der Waals surface area contributed by atoms with Gasteiger partial charge in [0.25, 0.3) is 0 Å². The van der Waals surface area contributed by atoms with Gasteiger partial charge in [0.1, 0.15) is 5.82 Å². The monoisotopic (exact) mass is 109 g/mol. The normalized spacial score (nSPS) is 9.12. The number of aryl methyl sites for hydroxylation is 1. The molecule has 1 aromatic rings. The van der Waals surface area contributed by atoms with Crippen molar-refractivity contribution in [3.63, 3.8) is 0 Å². The quantitative estimate of drug-likeness (QED) is 0.523. The minimum atomic E-state index is 0.477. The second-order valence-electron chi connectivity index (χ2n) is 1.66. The van der Waals surface area contributed by atoms with Gasteiger partial charge < -0.3 is 5.73 Å². The number of nitrogens with two attached hydrogens (primary N) is 1. The fourth-order valence-electron chi connectivity index (χ4n) is 0.486. The minimum Gasteiger partial charge on any atom is -0.382 e. The van der Waals surface area contributed by atoms with Crippen LogP contribution in [0.4, 0.5) is 5.82 Å². The number of hydrogen-bond acceptors (Lipinski definition) is 3. The van der Waals surface area contributed by atoms with E-state index in [9.17, 15) is 0 Å². The van der Waals surface area contributed by atoms with Gasteiger partial charge in [0.05, 0.1) is 6.20 Å². The third-order valence-electron chi connectivity index (χ3n) is 0.810. The molecule has 0 fully saturated rings. The van der Waals surface area contributed by atoms with E-state index in [4.69, 9.17) is 5.73 Å². The number of rotatable bonds is 0. The molecule has 0 aliphatic heterocycles. The zero-order valence-electron chi connectivity index (χ0n) is 4.63. The van der Waals surface area contributed by atoms with E-state index in [0.717, 1.165) is 5.56 Å². The van der Waals surface area contributed by atoms with Gasteiger partial charge in [-0.25, -0.2) is 0 Å². The number of nitrogens with zero attached hydrogens (tertiary/aromatic N) is 2. The fraction of sp³-hybridized carbons (Fsp3) is 0.200. The van der Waals surface area contributed by atoms with Crippen molar-refractivity contribution in [1.29, 1.82) is 0 Å². The van der Waals surface area contributed by atoms with Crippen LogP contribution in [0.25, 0.3) is 0 Å². The average Bonchev–Trinajstić information content (AvgIpc) is 1.64. The molecular weight excluding hydrogens is 102 g/mol. The van der Waals surface area contributed by atoms with E-state index in [0.29, 0.717) is 5.82 Å². The molecule has 8 heavy (non-hydrogen) atoms. The minimum absolute atomic E-state index is 0.477. The van der Waals surface area contributed by atoms with Gasteiger partial charge >= 0.3 is 0 Å². The highest BCUT2D eigenvalue weighted by atomic mass is 15.1. The SMILES string of the molecule is Cc1cnnc(N)c1. The van der Waals surface area contributed by atoms with Gasteiger partial charge in [0.2, 0.25) is 0 Å². The summed E-state index contributed by atoms with van der Waals surface area (Å²) in [7, 11) is 0. The van der Waals surface area contributed by atoms with Crippen molar-refractivity contribution in [3.05, 3.63) is 17.8 Å². The maximum Gasteiger partial charge on any atom is 0.146 e. The Balaban J connectivity index is 3.08. The van der Waals surface area contributed by atoms with Crippen molar-refractivity contribution in [1.82, 2.24) is 10.2 Å². The standard InChI is InChI=1S/C5H7N3/c1-4-2-5(6)8-7-3-4/h2-3H,1H3,(H2,6,8). The maximum absolute atomic E-state index is 5.28. The number of aromatic nitrogens is 2. The summed E-state index contributed by atoms with van der Waals surface area (Å²) in [5, 5.41) is 7.18. The lowest BCUT2D eigenvalue weighted by atomic mass is 10.3. The van der Waals surface area contributed by atoms with Gasteiger partial charge in [-0.1, -0.05) is 0 Å². The first-order valence-corrected chi connectivity index (χ1v) is 2.34. The molecule has 0 aromatic carbocycles. The summed E-state index contributed by atoms with van der Waals surface area (Å²) in [4.78, 5) is 0. The van der Waals surface area contributed by atoms with Crippen LogP contribution in [0.15, 0.2) is 12.3 Å². The third kappa shape index (κ3) is 0.932. The molecule has 0 atom stereocenters. The highest BCUT2D eigenvalue weighted by Gasteiger charge is 1.84. The number of anilines is 1. The molecule has 3 nitrogen and oxygen atoms in total. The molecule has 0 aliphatic carbocycles. The van der Waals surface area contributed by atoms with Crippen LogP contribution in [-0.4, -0.2) is 10.2 Å². The summed E-state index contributed by atoms with van der Waals surface area (Å²) in [6.45, 7) is 1.92. The van der Waals surface area contributed by atoms with E-state index in [2.05, 4.69) is 10.2 Å². The van der Waals surface area contributed by atoms with Crippen molar-refractivity contribution < 1.29 is 0 Å². The summed E-state index contributed by atoms with van der Waals surface area (Å²) in [6, 6.07) is 1.77. The van der Waals surface area contributed by atoms with Crippen LogP contribution >= 0.6 is 0 Å². The molecule has 0 amide bonds. The first-order chi connectivity index (χ1) is 3.79. The lowest BCUT2D eigenvalue weighted by Gasteiger charge is -1.88. The average molecular weight is 109 g/mol. The Labute approximate surface area is 47.5 Å². The zero-order chi connectivity index (χ0) is 5.98. The second-order valence-corrected chi connectivity index (χ2v) is 1.66. The van der Waals surface area contributed by atoms with Crippen molar-refractivity contribution in [2.45, 2.75) is 6.92 Å². The predicted molar refractivity (Wildman–Crippen MR) is 31.2 cm³/mol. The maximum atomic E-state index is 5.28. The van der Waals surface area contributed by atoms with Crippen LogP contribution < -0.4 is 5.73 Å². The van der Waals surface area contributed by atoms with Gasteiger partial charge in [-0.15, -0.1) is 5.10 Å². The second kappa shape index (κ2) is 1.78. The Morgan fingerprint density at radius 1 is 1.62 bits per heavy atom. The zero-order valence-corrected chi connectivity index (χ0v) is 4.63. The van der Waals surface area contributed by atoms with Gasteiger partial charge in [-0.3, -0.25) is 0 Å². The lowest BCUT2D eigenvalue weighted by Crippen LogP contribution is -1.91. The lowest BCUT2D eigenvalue weighted by molar-refractivity contribution is 1.03. The molecular formula is C5H7N3. The smallest absolute Gasteiger partial charge is 0.146 e. The van der Waals surface area contributed by atoms with Crippen LogP contribution in [-0.2, 0) is 0 Å². The van der Waals surface area contributed by atoms with Crippen LogP contribution in [0.5, 0.6) is 0 Å². The summed E-state index contributed by atoms with van der Waals surface area (Å²) < 4.78 is 0. The first kappa shape index (κ1) is 5.03. The van der Waals surface area contributed by atoms with E-state index in [-0.39, 0.29) is 0 Å². The molecule has 0 unspecified atom stereocenters. The van der Waals surface area contributed by atoms with E-state index in [1.807, 2.05) is 6.92 Å². The van der Waals surface area contributed by atoms with E-state index < -0.39 is 0 Å². The number of hydrogen-bond donors (Lipinski definition) is 1. The molecule has 1 rings (SSSR count). The van der Waals surface area contributed by atoms with Gasteiger partial charge in [-0.2, -0.15) is 5.10 Å². The topological polar surface area (TPSA) is 51.8 Å². The Bertz CT molecular complexity index is 168. The van der Waals surface area contributed by atoms with Crippen LogP contribution in [0.1, 0.15) is 5.56 Å². The third-order valence-corrected chi connectivity index (χ3v) is 0.810. The van der Waals surface area contributed by atoms with Crippen molar-refractivity contribution in [2.24, 2.45) is 0 Å². The van der Waals surface area contributed by atoms with Crippen molar-refractivity contribution >= 4 is 5.82 Å². The van der Waals surface area contributed by atoms with Gasteiger partial charge in [-0.05, 0) is 18.6 Å². The summed E-state index contributed by atoms with van der Waals surface area (Å²) in [5.41, 5.74) is 6.32. The first-order valence-electron chi connectivity index (χ1n) is 2.34. The molecule has 1 heterocycles. The summed E-state index contributed by atoms with van der Waals surface area (Å²) >= 11 is 0. The van der Waals surface area contributed by atoms with E-state index in [1.165, 1.54) is 0 Å². The highest BCUT2D eigenvalue weighted by Crippen LogP contribution is 1.95. The van der Waals surface area contributed by atoms with Crippen molar-refractivity contribution in [3.8, 4) is 0 Å². The van der Waals surface area contributed by atoms with E-state index >= 15 is 0 Å². The molecule has 0 aliphatic rings. The van der Waals surface area contributed by atoms with Crippen LogP contribution in [0.2, 0.25) is 0 Å². The summed E-state index contributed by atoms with van der Waals surface area (Å²) in [5.74, 6) is 0.477. The van der Waals surface area contributed by atoms with Crippen LogP contribution in [0, 0.1) is 6.92 Å². The van der Waals surface area contributed by atoms with Gasteiger partial charge in [0.15, 0.2) is 0 Å². The molecule has 0 spiro atoms. The van der Waals surface area contributed by atoms with E-state index in [1.54, 1.807) is 12.3 Å². The molecule has 2 N–H and O–H groups in total.